The molecule has 0 aromatic carbocycles. The molecular weight excluding hydrogens is 166 g/mol. The Balaban J connectivity index is 3.27. The number of hydrogen-bond acceptors (Lipinski definition) is 2. The third-order valence-corrected chi connectivity index (χ3v) is 2.40. The average molecular weight is 185 g/mol. The van der Waals surface area contributed by atoms with Gasteiger partial charge in [0.25, 0.3) is 0 Å². The minimum atomic E-state index is -0.140. The monoisotopic (exact) mass is 185 g/mol. The van der Waals surface area contributed by atoms with Crippen LogP contribution in [0.3, 0.4) is 0 Å². The fourth-order valence-corrected chi connectivity index (χ4v) is 1.32. The minimum absolute atomic E-state index is 0.140. The van der Waals surface area contributed by atoms with Gasteiger partial charge in [-0.15, -0.1) is 6.42 Å². The van der Waals surface area contributed by atoms with E-state index in [1.807, 2.05) is 25.6 Å². The lowest BCUT2D eigenvalue weighted by atomic mass is 10.1. The standard InChI is InChI=1S/C10H19NS/c1-5-10(2,3)11-8-6-7-9-12-4/h1,11H,6-9H2,2-4H3. The molecule has 0 aliphatic heterocycles. The van der Waals surface area contributed by atoms with Crippen molar-refractivity contribution < 1.29 is 0 Å². The van der Waals surface area contributed by atoms with Crippen LogP contribution in [-0.4, -0.2) is 24.1 Å². The summed E-state index contributed by atoms with van der Waals surface area (Å²) in [5.74, 6) is 3.96. The second kappa shape index (κ2) is 6.39. The van der Waals surface area contributed by atoms with Crippen LogP contribution in [0.4, 0.5) is 0 Å². The Hall–Kier alpha value is -0.130. The van der Waals surface area contributed by atoms with Gasteiger partial charge in [-0.1, -0.05) is 5.92 Å². The van der Waals surface area contributed by atoms with Crippen molar-refractivity contribution in [2.24, 2.45) is 0 Å². The van der Waals surface area contributed by atoms with Gasteiger partial charge in [0.2, 0.25) is 0 Å². The molecule has 2 heteroatoms. The van der Waals surface area contributed by atoms with Gasteiger partial charge in [0.15, 0.2) is 0 Å². The minimum Gasteiger partial charge on any atom is -0.302 e. The molecule has 12 heavy (non-hydrogen) atoms. The quantitative estimate of drug-likeness (QED) is 0.502. The molecule has 0 aliphatic rings. The van der Waals surface area contributed by atoms with Crippen LogP contribution in [0.2, 0.25) is 0 Å². The molecule has 0 aliphatic carbocycles. The van der Waals surface area contributed by atoms with Crippen molar-refractivity contribution in [1.82, 2.24) is 5.32 Å². The molecule has 0 bridgehead atoms. The Morgan fingerprint density at radius 1 is 1.42 bits per heavy atom. The van der Waals surface area contributed by atoms with Crippen molar-refractivity contribution in [3.63, 3.8) is 0 Å². The molecule has 70 valence electrons. The average Bonchev–Trinajstić information content (AvgIpc) is 2.04. The van der Waals surface area contributed by atoms with Gasteiger partial charge in [-0.3, -0.25) is 0 Å². The first-order chi connectivity index (χ1) is 5.62. The van der Waals surface area contributed by atoms with E-state index >= 15 is 0 Å². The molecule has 0 fully saturated rings. The zero-order valence-corrected chi connectivity index (χ0v) is 9.13. The first-order valence-corrected chi connectivity index (χ1v) is 5.73. The predicted octanol–water partition coefficient (Wildman–Crippen LogP) is 2.13. The molecule has 0 rings (SSSR count). The third kappa shape index (κ3) is 6.57. The molecule has 1 nitrogen and oxygen atoms in total. The largest absolute Gasteiger partial charge is 0.302 e. The Kier molecular flexibility index (Phi) is 6.32. The molecule has 0 atom stereocenters. The highest BCUT2D eigenvalue weighted by molar-refractivity contribution is 7.98. The van der Waals surface area contributed by atoms with E-state index in [1.165, 1.54) is 18.6 Å². The van der Waals surface area contributed by atoms with Gasteiger partial charge in [0.05, 0.1) is 5.54 Å². The molecule has 0 saturated carbocycles. The Morgan fingerprint density at radius 2 is 2.08 bits per heavy atom. The van der Waals surface area contributed by atoms with Crippen molar-refractivity contribution >= 4 is 11.8 Å². The summed E-state index contributed by atoms with van der Waals surface area (Å²) in [6.45, 7) is 5.08. The van der Waals surface area contributed by atoms with E-state index in [0.717, 1.165) is 6.54 Å². The number of nitrogens with one attached hydrogen (secondary N) is 1. The van der Waals surface area contributed by atoms with Crippen molar-refractivity contribution in [3.8, 4) is 12.3 Å². The van der Waals surface area contributed by atoms with Crippen LogP contribution < -0.4 is 5.32 Å². The molecular formula is C10H19NS. The van der Waals surface area contributed by atoms with Crippen LogP contribution >= 0.6 is 11.8 Å². The predicted molar refractivity (Wildman–Crippen MR) is 58.5 cm³/mol. The summed E-state index contributed by atoms with van der Waals surface area (Å²) in [6.07, 6.45) is 9.96. The highest BCUT2D eigenvalue weighted by atomic mass is 32.2. The summed E-state index contributed by atoms with van der Waals surface area (Å²) in [7, 11) is 0. The maximum Gasteiger partial charge on any atom is 0.0741 e. The van der Waals surface area contributed by atoms with E-state index < -0.39 is 0 Å². The van der Waals surface area contributed by atoms with E-state index in [4.69, 9.17) is 6.42 Å². The Bertz CT molecular complexity index is 146. The zero-order chi connectivity index (χ0) is 9.45. The number of thioether (sulfide) groups is 1. The third-order valence-electron chi connectivity index (χ3n) is 1.70. The Morgan fingerprint density at radius 3 is 2.58 bits per heavy atom. The first-order valence-electron chi connectivity index (χ1n) is 4.34. The van der Waals surface area contributed by atoms with Crippen molar-refractivity contribution in [1.29, 1.82) is 0 Å². The van der Waals surface area contributed by atoms with Crippen molar-refractivity contribution in [3.05, 3.63) is 0 Å². The van der Waals surface area contributed by atoms with Gasteiger partial charge in [-0.25, -0.2) is 0 Å². The highest BCUT2D eigenvalue weighted by Crippen LogP contribution is 2.01. The van der Waals surface area contributed by atoms with E-state index in [0.29, 0.717) is 0 Å². The molecule has 0 unspecified atom stereocenters. The molecule has 0 heterocycles. The number of unbranched alkanes of at least 4 members (excludes halogenated alkanes) is 1. The fraction of sp³-hybridized carbons (Fsp3) is 0.800. The van der Waals surface area contributed by atoms with E-state index in [-0.39, 0.29) is 5.54 Å². The van der Waals surface area contributed by atoms with Crippen LogP contribution in [0.15, 0.2) is 0 Å². The molecule has 0 aromatic heterocycles. The second-order valence-electron chi connectivity index (χ2n) is 3.40. The number of hydrogen-bond donors (Lipinski definition) is 1. The molecule has 0 radical (unpaired) electrons. The summed E-state index contributed by atoms with van der Waals surface area (Å²) >= 11 is 1.90. The van der Waals surface area contributed by atoms with Gasteiger partial charge in [-0.05, 0) is 45.2 Å². The fourth-order valence-electron chi connectivity index (χ4n) is 0.823. The van der Waals surface area contributed by atoms with Gasteiger partial charge in [0, 0.05) is 0 Å². The molecule has 0 amide bonds. The van der Waals surface area contributed by atoms with Crippen molar-refractivity contribution in [2.45, 2.75) is 32.2 Å². The maximum atomic E-state index is 5.33. The summed E-state index contributed by atoms with van der Waals surface area (Å²) in [6, 6.07) is 0. The van der Waals surface area contributed by atoms with E-state index in [1.54, 1.807) is 0 Å². The molecule has 1 N–H and O–H groups in total. The van der Waals surface area contributed by atoms with Crippen LogP contribution in [0.25, 0.3) is 0 Å². The molecule has 0 spiro atoms. The molecule has 0 saturated heterocycles. The summed E-state index contributed by atoms with van der Waals surface area (Å²) in [5.41, 5.74) is -0.140. The van der Waals surface area contributed by atoms with Crippen LogP contribution in [0, 0.1) is 12.3 Å². The summed E-state index contributed by atoms with van der Waals surface area (Å²) in [5, 5.41) is 3.32. The highest BCUT2D eigenvalue weighted by Gasteiger charge is 2.10. The van der Waals surface area contributed by atoms with Gasteiger partial charge in [-0.2, -0.15) is 11.8 Å². The smallest absolute Gasteiger partial charge is 0.0741 e. The van der Waals surface area contributed by atoms with Crippen LogP contribution in [0.1, 0.15) is 26.7 Å². The first kappa shape index (κ1) is 11.9. The normalized spacial score (nSPS) is 11.2. The van der Waals surface area contributed by atoms with Gasteiger partial charge >= 0.3 is 0 Å². The van der Waals surface area contributed by atoms with Gasteiger partial charge in [0.1, 0.15) is 0 Å². The summed E-state index contributed by atoms with van der Waals surface area (Å²) < 4.78 is 0. The lowest BCUT2D eigenvalue weighted by Gasteiger charge is -2.19. The van der Waals surface area contributed by atoms with E-state index in [2.05, 4.69) is 17.5 Å². The number of terminal acetylenes is 1. The van der Waals surface area contributed by atoms with Crippen molar-refractivity contribution in [2.75, 3.05) is 18.6 Å². The van der Waals surface area contributed by atoms with Crippen LogP contribution in [0.5, 0.6) is 0 Å². The summed E-state index contributed by atoms with van der Waals surface area (Å²) in [4.78, 5) is 0. The molecule has 0 aromatic rings. The topological polar surface area (TPSA) is 12.0 Å². The van der Waals surface area contributed by atoms with E-state index in [9.17, 15) is 0 Å². The lowest BCUT2D eigenvalue weighted by molar-refractivity contribution is 0.483. The zero-order valence-electron chi connectivity index (χ0n) is 8.31. The maximum absolute atomic E-state index is 5.33. The van der Waals surface area contributed by atoms with Gasteiger partial charge < -0.3 is 5.32 Å². The SMILES string of the molecule is C#CC(C)(C)NCCCCSC. The van der Waals surface area contributed by atoms with Crippen LogP contribution in [-0.2, 0) is 0 Å². The number of rotatable bonds is 6. The second-order valence-corrected chi connectivity index (χ2v) is 4.38. The Labute approximate surface area is 80.7 Å². The lowest BCUT2D eigenvalue weighted by Crippen LogP contribution is -2.38.